The summed E-state index contributed by atoms with van der Waals surface area (Å²) >= 11 is 7.41. The standard InChI is InChI=1S/C16H13ClN4O2S/c1-11-2-8-14(9-3-11)24-16-18-15(17)19-20(16)10-12-4-6-13(7-5-12)21(22)23/h2-9H,10H2,1H3. The first-order valence-electron chi connectivity index (χ1n) is 7.09. The fourth-order valence-corrected chi connectivity index (χ4v) is 3.13. The molecule has 0 atom stereocenters. The molecule has 0 saturated heterocycles. The highest BCUT2D eigenvalue weighted by Crippen LogP contribution is 2.28. The summed E-state index contributed by atoms with van der Waals surface area (Å²) in [7, 11) is 0. The fraction of sp³-hybridized carbons (Fsp3) is 0.125. The Bertz CT molecular complexity index is 863. The van der Waals surface area contributed by atoms with E-state index in [1.165, 1.54) is 29.5 Å². The molecule has 0 aliphatic carbocycles. The van der Waals surface area contributed by atoms with E-state index >= 15 is 0 Å². The van der Waals surface area contributed by atoms with Gasteiger partial charge in [0.2, 0.25) is 5.28 Å². The van der Waals surface area contributed by atoms with Gasteiger partial charge in [0.05, 0.1) is 11.5 Å². The average molecular weight is 361 g/mol. The van der Waals surface area contributed by atoms with E-state index in [0.717, 1.165) is 10.5 Å². The maximum atomic E-state index is 10.7. The van der Waals surface area contributed by atoms with Gasteiger partial charge in [0, 0.05) is 17.0 Å². The highest BCUT2D eigenvalue weighted by Gasteiger charge is 2.12. The summed E-state index contributed by atoms with van der Waals surface area (Å²) in [4.78, 5) is 15.6. The number of rotatable bonds is 5. The van der Waals surface area contributed by atoms with Gasteiger partial charge >= 0.3 is 0 Å². The number of nitro groups is 1. The van der Waals surface area contributed by atoms with Crippen molar-refractivity contribution in [3.8, 4) is 0 Å². The summed E-state index contributed by atoms with van der Waals surface area (Å²) in [5.74, 6) is 0. The molecule has 0 unspecified atom stereocenters. The summed E-state index contributed by atoms with van der Waals surface area (Å²) in [5, 5.41) is 15.7. The monoisotopic (exact) mass is 360 g/mol. The lowest BCUT2D eigenvalue weighted by Gasteiger charge is -2.06. The number of non-ortho nitro benzene ring substituents is 1. The largest absolute Gasteiger partial charge is 0.269 e. The Morgan fingerprint density at radius 1 is 1.17 bits per heavy atom. The Labute approximate surface area is 147 Å². The number of aryl methyl sites for hydroxylation is 1. The van der Waals surface area contributed by atoms with Crippen LogP contribution in [-0.4, -0.2) is 19.7 Å². The topological polar surface area (TPSA) is 73.8 Å². The van der Waals surface area contributed by atoms with Crippen LogP contribution in [0.1, 0.15) is 11.1 Å². The van der Waals surface area contributed by atoms with Crippen molar-refractivity contribution in [2.75, 3.05) is 0 Å². The molecule has 1 aromatic heterocycles. The molecule has 8 heteroatoms. The molecule has 0 aliphatic heterocycles. The highest BCUT2D eigenvalue weighted by molar-refractivity contribution is 7.99. The number of benzene rings is 2. The maximum absolute atomic E-state index is 10.7. The second kappa shape index (κ2) is 7.02. The van der Waals surface area contributed by atoms with E-state index in [1.54, 1.807) is 16.8 Å². The lowest BCUT2D eigenvalue weighted by atomic mass is 10.2. The van der Waals surface area contributed by atoms with Crippen molar-refractivity contribution < 1.29 is 4.92 Å². The zero-order valence-electron chi connectivity index (χ0n) is 12.7. The predicted molar refractivity (Wildman–Crippen MR) is 92.5 cm³/mol. The molecule has 2 aromatic carbocycles. The Balaban J connectivity index is 1.80. The normalized spacial score (nSPS) is 10.8. The van der Waals surface area contributed by atoms with Crippen LogP contribution < -0.4 is 0 Å². The summed E-state index contributed by atoms with van der Waals surface area (Å²) in [5.41, 5.74) is 2.13. The molecule has 0 fully saturated rings. The van der Waals surface area contributed by atoms with Crippen LogP contribution in [0.25, 0.3) is 0 Å². The molecule has 0 spiro atoms. The molecular weight excluding hydrogens is 348 g/mol. The van der Waals surface area contributed by atoms with Gasteiger partial charge in [-0.2, -0.15) is 4.98 Å². The first kappa shape index (κ1) is 16.5. The van der Waals surface area contributed by atoms with Crippen LogP contribution in [0.5, 0.6) is 0 Å². The Hall–Kier alpha value is -2.38. The molecule has 0 N–H and O–H groups in total. The van der Waals surface area contributed by atoms with E-state index < -0.39 is 4.92 Å². The number of aromatic nitrogens is 3. The van der Waals surface area contributed by atoms with Gasteiger partial charge in [-0.05, 0) is 36.2 Å². The molecule has 24 heavy (non-hydrogen) atoms. The van der Waals surface area contributed by atoms with Crippen molar-refractivity contribution in [1.82, 2.24) is 14.8 Å². The molecule has 1 heterocycles. The van der Waals surface area contributed by atoms with Gasteiger partial charge in [-0.15, -0.1) is 5.10 Å². The van der Waals surface area contributed by atoms with Crippen molar-refractivity contribution >= 4 is 29.1 Å². The van der Waals surface area contributed by atoms with Gasteiger partial charge in [0.15, 0.2) is 5.16 Å². The molecule has 0 saturated carbocycles. The molecule has 0 aliphatic rings. The Morgan fingerprint density at radius 2 is 1.83 bits per heavy atom. The third kappa shape index (κ3) is 3.93. The average Bonchev–Trinajstić information content (AvgIpc) is 2.89. The molecule has 122 valence electrons. The number of hydrogen-bond acceptors (Lipinski definition) is 5. The zero-order chi connectivity index (χ0) is 17.1. The first-order chi connectivity index (χ1) is 11.5. The number of nitrogens with zero attached hydrogens (tertiary/aromatic N) is 4. The minimum absolute atomic E-state index is 0.0598. The van der Waals surface area contributed by atoms with Crippen LogP contribution in [0.15, 0.2) is 58.6 Å². The van der Waals surface area contributed by atoms with Crippen molar-refractivity contribution in [2.24, 2.45) is 0 Å². The van der Waals surface area contributed by atoms with Crippen LogP contribution in [-0.2, 0) is 6.54 Å². The van der Waals surface area contributed by atoms with Crippen LogP contribution in [0.2, 0.25) is 5.28 Å². The molecule has 3 rings (SSSR count). The van der Waals surface area contributed by atoms with Crippen LogP contribution in [0, 0.1) is 17.0 Å². The van der Waals surface area contributed by atoms with Crippen LogP contribution in [0.3, 0.4) is 0 Å². The molecule has 0 bridgehead atoms. The zero-order valence-corrected chi connectivity index (χ0v) is 14.3. The number of hydrogen-bond donors (Lipinski definition) is 0. The second-order valence-corrected chi connectivity index (χ2v) is 6.54. The maximum Gasteiger partial charge on any atom is 0.269 e. The van der Waals surface area contributed by atoms with E-state index in [-0.39, 0.29) is 11.0 Å². The molecule has 0 amide bonds. The van der Waals surface area contributed by atoms with Crippen LogP contribution in [0.4, 0.5) is 5.69 Å². The minimum Gasteiger partial charge on any atom is -0.258 e. The smallest absolute Gasteiger partial charge is 0.258 e. The third-order valence-corrected chi connectivity index (χ3v) is 4.47. The molecular formula is C16H13ClN4O2S. The van der Waals surface area contributed by atoms with Crippen molar-refractivity contribution in [1.29, 1.82) is 0 Å². The molecule has 3 aromatic rings. The quantitative estimate of drug-likeness (QED) is 0.499. The van der Waals surface area contributed by atoms with Gasteiger partial charge in [-0.3, -0.25) is 10.1 Å². The first-order valence-corrected chi connectivity index (χ1v) is 8.29. The van der Waals surface area contributed by atoms with E-state index in [9.17, 15) is 10.1 Å². The summed E-state index contributed by atoms with van der Waals surface area (Å²) < 4.78 is 1.69. The summed E-state index contributed by atoms with van der Waals surface area (Å²) in [6.45, 7) is 2.47. The van der Waals surface area contributed by atoms with Crippen molar-refractivity contribution in [2.45, 2.75) is 23.5 Å². The SMILES string of the molecule is Cc1ccc(Sc2nc(Cl)nn2Cc2ccc([N+](=O)[O-])cc2)cc1. The van der Waals surface area contributed by atoms with Gasteiger partial charge in [0.25, 0.3) is 5.69 Å². The van der Waals surface area contributed by atoms with E-state index in [4.69, 9.17) is 11.6 Å². The minimum atomic E-state index is -0.422. The van der Waals surface area contributed by atoms with Crippen molar-refractivity contribution in [3.05, 3.63) is 75.1 Å². The van der Waals surface area contributed by atoms with Gasteiger partial charge < -0.3 is 0 Å². The van der Waals surface area contributed by atoms with E-state index in [2.05, 4.69) is 10.1 Å². The highest BCUT2D eigenvalue weighted by atomic mass is 35.5. The van der Waals surface area contributed by atoms with Crippen LogP contribution >= 0.6 is 23.4 Å². The summed E-state index contributed by atoms with van der Waals surface area (Å²) in [6, 6.07) is 14.4. The lowest BCUT2D eigenvalue weighted by Crippen LogP contribution is -2.03. The number of halogens is 1. The molecule has 6 nitrogen and oxygen atoms in total. The Kier molecular flexibility index (Phi) is 4.82. The summed E-state index contributed by atoms with van der Waals surface area (Å²) in [6.07, 6.45) is 0. The lowest BCUT2D eigenvalue weighted by molar-refractivity contribution is -0.384. The fourth-order valence-electron chi connectivity index (χ4n) is 2.09. The third-order valence-electron chi connectivity index (χ3n) is 3.32. The predicted octanol–water partition coefficient (Wildman–Crippen LogP) is 4.35. The van der Waals surface area contributed by atoms with Crippen molar-refractivity contribution in [3.63, 3.8) is 0 Å². The Morgan fingerprint density at radius 3 is 2.46 bits per heavy atom. The van der Waals surface area contributed by atoms with Gasteiger partial charge in [-0.25, -0.2) is 4.68 Å². The second-order valence-electron chi connectivity index (χ2n) is 5.16. The van der Waals surface area contributed by atoms with Gasteiger partial charge in [-0.1, -0.05) is 41.6 Å². The van der Waals surface area contributed by atoms with E-state index in [1.807, 2.05) is 31.2 Å². The number of nitro benzene ring substituents is 1. The van der Waals surface area contributed by atoms with E-state index in [0.29, 0.717) is 11.7 Å². The van der Waals surface area contributed by atoms with Gasteiger partial charge in [0.1, 0.15) is 0 Å². The molecule has 0 radical (unpaired) electrons.